The van der Waals surface area contributed by atoms with Crippen LogP contribution < -0.4 is 4.90 Å². The molecular weight excluding hydrogens is 703 g/mol. The van der Waals surface area contributed by atoms with Crippen LogP contribution in [0.25, 0.3) is 93.7 Å². The van der Waals surface area contributed by atoms with Gasteiger partial charge in [-0.05, 0) is 81.2 Å². The SMILES string of the molecule is c1ccc(-c2ccc3ccc(-n4c5c(c6ccccc64)-c4ccccc4N(c4ccc(-c6nccc7ccccc67)c6ccccc46)c4ccccc4-5)cc3c2)cc1. The molecule has 0 amide bonds. The van der Waals surface area contributed by atoms with Crippen molar-refractivity contribution in [3.05, 3.63) is 212 Å². The number of anilines is 3. The fraction of sp³-hybridized carbons (Fsp3) is 0. The highest BCUT2D eigenvalue weighted by atomic mass is 15.2. The number of rotatable bonds is 4. The van der Waals surface area contributed by atoms with Crippen molar-refractivity contribution in [2.24, 2.45) is 0 Å². The Morgan fingerprint density at radius 1 is 0.362 bits per heavy atom. The monoisotopic (exact) mass is 737 g/mol. The van der Waals surface area contributed by atoms with Crippen molar-refractivity contribution in [1.82, 2.24) is 9.55 Å². The fourth-order valence-electron chi connectivity index (χ4n) is 9.38. The predicted octanol–water partition coefficient (Wildman–Crippen LogP) is 14.9. The Balaban J connectivity index is 1.12. The summed E-state index contributed by atoms with van der Waals surface area (Å²) in [5.74, 6) is 0. The van der Waals surface area contributed by atoms with Gasteiger partial charge >= 0.3 is 0 Å². The van der Waals surface area contributed by atoms with Crippen LogP contribution in [0.5, 0.6) is 0 Å². The van der Waals surface area contributed by atoms with Gasteiger partial charge < -0.3 is 9.47 Å². The number of fused-ring (bicyclic) bond motifs is 10. The molecular formula is C55H35N3. The van der Waals surface area contributed by atoms with Crippen LogP contribution in [0.3, 0.4) is 0 Å². The van der Waals surface area contributed by atoms with Gasteiger partial charge in [0.1, 0.15) is 0 Å². The maximum absolute atomic E-state index is 4.97. The summed E-state index contributed by atoms with van der Waals surface area (Å²) in [6.45, 7) is 0. The Morgan fingerprint density at radius 3 is 1.90 bits per heavy atom. The van der Waals surface area contributed by atoms with E-state index in [9.17, 15) is 0 Å². The number of hydrogen-bond acceptors (Lipinski definition) is 2. The minimum absolute atomic E-state index is 0.997. The van der Waals surface area contributed by atoms with E-state index < -0.39 is 0 Å². The third-order valence-electron chi connectivity index (χ3n) is 11.9. The van der Waals surface area contributed by atoms with Crippen LogP contribution >= 0.6 is 0 Å². The minimum atomic E-state index is 0.997. The van der Waals surface area contributed by atoms with Crippen molar-refractivity contribution >= 4 is 60.3 Å². The molecule has 12 rings (SSSR count). The van der Waals surface area contributed by atoms with Crippen LogP contribution in [0.15, 0.2) is 212 Å². The second kappa shape index (κ2) is 12.9. The van der Waals surface area contributed by atoms with E-state index in [1.807, 2.05) is 6.20 Å². The van der Waals surface area contributed by atoms with Gasteiger partial charge in [0.25, 0.3) is 0 Å². The van der Waals surface area contributed by atoms with Gasteiger partial charge in [0.05, 0.1) is 34.0 Å². The van der Waals surface area contributed by atoms with Crippen LogP contribution in [0.1, 0.15) is 0 Å². The van der Waals surface area contributed by atoms with E-state index in [2.05, 4.69) is 216 Å². The zero-order valence-electron chi connectivity index (χ0n) is 31.5. The summed E-state index contributed by atoms with van der Waals surface area (Å²) in [4.78, 5) is 7.45. The number of para-hydroxylation sites is 3. The minimum Gasteiger partial charge on any atom is -0.309 e. The van der Waals surface area contributed by atoms with Gasteiger partial charge in [-0.2, -0.15) is 0 Å². The summed E-state index contributed by atoms with van der Waals surface area (Å²) in [6, 6.07) is 75.1. The van der Waals surface area contributed by atoms with Crippen LogP contribution in [-0.2, 0) is 0 Å². The Bertz CT molecular complexity index is 3410. The highest BCUT2D eigenvalue weighted by Gasteiger charge is 2.32. The second-order valence-corrected chi connectivity index (χ2v) is 15.1. The summed E-state index contributed by atoms with van der Waals surface area (Å²) in [6.07, 6.45) is 1.93. The molecule has 0 saturated carbocycles. The van der Waals surface area contributed by atoms with Gasteiger partial charge in [-0.25, -0.2) is 0 Å². The average Bonchev–Trinajstić information content (AvgIpc) is 3.58. The molecule has 1 aliphatic rings. The third kappa shape index (κ3) is 4.90. The lowest BCUT2D eigenvalue weighted by atomic mass is 9.96. The molecule has 0 fully saturated rings. The Hall–Kier alpha value is -7.75. The van der Waals surface area contributed by atoms with Gasteiger partial charge in [-0.1, -0.05) is 158 Å². The van der Waals surface area contributed by atoms with Crippen molar-refractivity contribution in [3.8, 4) is 50.5 Å². The molecule has 3 nitrogen and oxygen atoms in total. The van der Waals surface area contributed by atoms with E-state index in [0.29, 0.717) is 0 Å². The lowest BCUT2D eigenvalue weighted by Gasteiger charge is -2.29. The molecule has 0 spiro atoms. The second-order valence-electron chi connectivity index (χ2n) is 15.1. The molecule has 1 aliphatic heterocycles. The fourth-order valence-corrected chi connectivity index (χ4v) is 9.38. The van der Waals surface area contributed by atoms with E-state index in [-0.39, 0.29) is 0 Å². The van der Waals surface area contributed by atoms with E-state index in [1.165, 1.54) is 71.3 Å². The highest BCUT2D eigenvalue weighted by Crippen LogP contribution is 2.55. The lowest BCUT2D eigenvalue weighted by Crippen LogP contribution is -2.12. The van der Waals surface area contributed by atoms with Crippen LogP contribution in [0.2, 0.25) is 0 Å². The molecule has 0 unspecified atom stereocenters. The molecule has 0 atom stereocenters. The lowest BCUT2D eigenvalue weighted by molar-refractivity contribution is 1.14. The van der Waals surface area contributed by atoms with Crippen molar-refractivity contribution in [1.29, 1.82) is 0 Å². The first-order valence-corrected chi connectivity index (χ1v) is 19.9. The third-order valence-corrected chi connectivity index (χ3v) is 11.9. The summed E-state index contributed by atoms with van der Waals surface area (Å²) in [5.41, 5.74) is 15.1. The van der Waals surface area contributed by atoms with Gasteiger partial charge in [0.2, 0.25) is 0 Å². The molecule has 0 saturated heterocycles. The van der Waals surface area contributed by atoms with Crippen molar-refractivity contribution < 1.29 is 0 Å². The van der Waals surface area contributed by atoms with Gasteiger partial charge in [-0.3, -0.25) is 4.98 Å². The first kappa shape index (κ1) is 32.5. The molecule has 0 N–H and O–H groups in total. The molecule has 2 aromatic heterocycles. The first-order chi connectivity index (χ1) is 28.8. The highest BCUT2D eigenvalue weighted by molar-refractivity contribution is 6.16. The maximum atomic E-state index is 4.97. The zero-order chi connectivity index (χ0) is 38.2. The Labute approximate surface area is 336 Å². The molecule has 3 heteroatoms. The largest absolute Gasteiger partial charge is 0.309 e. The molecule has 0 aliphatic carbocycles. The van der Waals surface area contributed by atoms with E-state index in [1.54, 1.807) is 0 Å². The standard InChI is InChI=1S/C55H35N3/c1-2-14-36(15-3-1)39-27-26-37-28-29-41(35-40(37)34-39)57-49-23-11-8-20-46(49)53-47-21-9-12-24-50(47)58(51-25-13-10-22-48(51)55(53)57)52-31-30-45(43-18-6-7-19-44(43)52)54-42-17-5-4-16-38(42)32-33-56-54/h1-35H. The molecule has 270 valence electrons. The van der Waals surface area contributed by atoms with E-state index >= 15 is 0 Å². The first-order valence-electron chi connectivity index (χ1n) is 19.9. The number of hydrogen-bond donors (Lipinski definition) is 0. The van der Waals surface area contributed by atoms with Crippen LogP contribution in [-0.4, -0.2) is 9.55 Å². The number of pyridine rings is 1. The average molecular weight is 738 g/mol. The van der Waals surface area contributed by atoms with Gasteiger partial charge in [0.15, 0.2) is 0 Å². The summed E-state index contributed by atoms with van der Waals surface area (Å²) in [5, 5.41) is 8.33. The normalized spacial score (nSPS) is 12.1. The molecule has 0 radical (unpaired) electrons. The Morgan fingerprint density at radius 2 is 1.03 bits per heavy atom. The van der Waals surface area contributed by atoms with Crippen molar-refractivity contribution in [2.75, 3.05) is 4.90 Å². The molecule has 11 aromatic rings. The van der Waals surface area contributed by atoms with Gasteiger partial charge in [-0.15, -0.1) is 0 Å². The van der Waals surface area contributed by atoms with Gasteiger partial charge in [0, 0.05) is 50.3 Å². The number of aromatic nitrogens is 2. The summed E-state index contributed by atoms with van der Waals surface area (Å²) < 4.78 is 2.49. The van der Waals surface area contributed by atoms with Crippen LogP contribution in [0.4, 0.5) is 17.1 Å². The number of nitrogens with zero attached hydrogens (tertiary/aromatic N) is 3. The predicted molar refractivity (Wildman–Crippen MR) is 244 cm³/mol. The van der Waals surface area contributed by atoms with Crippen molar-refractivity contribution in [3.63, 3.8) is 0 Å². The van der Waals surface area contributed by atoms with E-state index in [0.717, 1.165) is 39.4 Å². The number of benzene rings is 9. The summed E-state index contributed by atoms with van der Waals surface area (Å²) in [7, 11) is 0. The van der Waals surface area contributed by atoms with Crippen molar-refractivity contribution in [2.45, 2.75) is 0 Å². The quantitative estimate of drug-likeness (QED) is 0.179. The molecule has 3 heterocycles. The molecule has 58 heavy (non-hydrogen) atoms. The molecule has 9 aromatic carbocycles. The summed E-state index contributed by atoms with van der Waals surface area (Å²) >= 11 is 0. The maximum Gasteiger partial charge on any atom is 0.0786 e. The Kier molecular flexibility index (Phi) is 7.23. The zero-order valence-corrected chi connectivity index (χ0v) is 31.5. The smallest absolute Gasteiger partial charge is 0.0786 e. The topological polar surface area (TPSA) is 21.1 Å². The van der Waals surface area contributed by atoms with Crippen LogP contribution in [0, 0.1) is 0 Å². The van der Waals surface area contributed by atoms with E-state index in [4.69, 9.17) is 4.98 Å². The molecule has 0 bridgehead atoms.